The van der Waals surface area contributed by atoms with Crippen molar-refractivity contribution in [3.63, 3.8) is 0 Å². The lowest BCUT2D eigenvalue weighted by molar-refractivity contribution is -0.121. The number of Topliss-reactive ketones (excluding diaryl/α,β-unsaturated/α-hetero) is 1. The van der Waals surface area contributed by atoms with Gasteiger partial charge in [0.25, 0.3) is 0 Å². The summed E-state index contributed by atoms with van der Waals surface area (Å²) in [7, 11) is 0. The third kappa shape index (κ3) is 6.88. The first kappa shape index (κ1) is 25.0. The van der Waals surface area contributed by atoms with Gasteiger partial charge in [-0.15, -0.1) is 12.4 Å². The number of ketones is 1. The van der Waals surface area contributed by atoms with Gasteiger partial charge in [0, 0.05) is 30.4 Å². The second-order valence-electron chi connectivity index (χ2n) is 8.15. The van der Waals surface area contributed by atoms with Crippen LogP contribution in [-0.4, -0.2) is 42.8 Å². The molecule has 1 heterocycles. The van der Waals surface area contributed by atoms with Gasteiger partial charge in [-0.05, 0) is 68.7 Å². The molecule has 1 saturated heterocycles. The van der Waals surface area contributed by atoms with Gasteiger partial charge in [0.15, 0.2) is 5.78 Å². The maximum atomic E-state index is 13.0. The van der Waals surface area contributed by atoms with E-state index in [1.807, 2.05) is 13.0 Å². The van der Waals surface area contributed by atoms with Crippen molar-refractivity contribution in [2.75, 3.05) is 26.2 Å². The molecular formula is C25H32ClFN2O2. The molecule has 0 unspecified atom stereocenters. The van der Waals surface area contributed by atoms with Gasteiger partial charge >= 0.3 is 0 Å². The highest BCUT2D eigenvalue weighted by Gasteiger charge is 2.36. The standard InChI is InChI=1S/C25H31FN2O2.ClH/c1-2-24(30)27-19-25(21-7-4-3-5-8-21)14-17-28(18-15-25)16-6-9-23(29)20-10-12-22(26)13-11-20;/h3-5,7-8,10-13H,2,6,9,14-19H2,1H3,(H,27,30);1H. The second-order valence-corrected chi connectivity index (χ2v) is 8.15. The summed E-state index contributed by atoms with van der Waals surface area (Å²) in [5.41, 5.74) is 1.82. The van der Waals surface area contributed by atoms with Gasteiger partial charge < -0.3 is 10.2 Å². The SMILES string of the molecule is CCC(=O)NCC1(c2ccccc2)CCN(CCCC(=O)c2ccc(F)cc2)CC1.Cl. The number of carbonyl (C=O) groups is 2. The summed E-state index contributed by atoms with van der Waals surface area (Å²) in [6, 6.07) is 16.2. The lowest BCUT2D eigenvalue weighted by Crippen LogP contribution is -2.49. The molecule has 1 N–H and O–H groups in total. The van der Waals surface area contributed by atoms with Crippen LogP contribution < -0.4 is 5.32 Å². The number of piperidine rings is 1. The highest BCUT2D eigenvalue weighted by molar-refractivity contribution is 5.95. The van der Waals surface area contributed by atoms with Crippen LogP contribution >= 0.6 is 12.4 Å². The second kappa shape index (κ2) is 12.0. The van der Waals surface area contributed by atoms with E-state index in [1.54, 1.807) is 12.1 Å². The van der Waals surface area contributed by atoms with Gasteiger partial charge in [0.05, 0.1) is 0 Å². The Morgan fingerprint density at radius 2 is 1.68 bits per heavy atom. The third-order valence-electron chi connectivity index (χ3n) is 6.19. The number of likely N-dealkylation sites (tertiary alicyclic amines) is 1. The lowest BCUT2D eigenvalue weighted by atomic mass is 9.72. The molecule has 168 valence electrons. The van der Waals surface area contributed by atoms with Crippen LogP contribution in [0.1, 0.15) is 54.9 Å². The number of carbonyl (C=O) groups excluding carboxylic acids is 2. The molecule has 2 aromatic carbocycles. The summed E-state index contributed by atoms with van der Waals surface area (Å²) in [5.74, 6) is -0.170. The van der Waals surface area contributed by atoms with E-state index >= 15 is 0 Å². The molecule has 0 saturated carbocycles. The van der Waals surface area contributed by atoms with Crippen LogP contribution in [0.5, 0.6) is 0 Å². The fraction of sp³-hybridized carbons (Fsp3) is 0.440. The van der Waals surface area contributed by atoms with E-state index in [0.29, 0.717) is 24.9 Å². The number of amides is 1. The van der Waals surface area contributed by atoms with Crippen molar-refractivity contribution in [1.82, 2.24) is 10.2 Å². The number of hydrogen-bond donors (Lipinski definition) is 1. The number of rotatable bonds is 9. The molecule has 0 bridgehead atoms. The Hall–Kier alpha value is -2.24. The van der Waals surface area contributed by atoms with Crippen molar-refractivity contribution in [2.45, 2.75) is 44.4 Å². The van der Waals surface area contributed by atoms with Gasteiger partial charge in [-0.3, -0.25) is 9.59 Å². The highest BCUT2D eigenvalue weighted by Crippen LogP contribution is 2.35. The van der Waals surface area contributed by atoms with Crippen LogP contribution in [0, 0.1) is 5.82 Å². The molecule has 2 aromatic rings. The topological polar surface area (TPSA) is 49.4 Å². The Kier molecular flexibility index (Phi) is 9.66. The first-order chi connectivity index (χ1) is 14.5. The first-order valence-corrected chi connectivity index (χ1v) is 10.9. The molecular weight excluding hydrogens is 415 g/mol. The summed E-state index contributed by atoms with van der Waals surface area (Å²) in [4.78, 5) is 26.5. The fourth-order valence-corrected chi connectivity index (χ4v) is 4.20. The minimum atomic E-state index is -0.322. The van der Waals surface area contributed by atoms with E-state index < -0.39 is 0 Å². The zero-order valence-corrected chi connectivity index (χ0v) is 18.9. The molecule has 1 fully saturated rings. The largest absolute Gasteiger partial charge is 0.355 e. The lowest BCUT2D eigenvalue weighted by Gasteiger charge is -2.42. The molecule has 0 aromatic heterocycles. The minimum Gasteiger partial charge on any atom is -0.355 e. The molecule has 0 atom stereocenters. The zero-order chi connectivity index (χ0) is 21.4. The van der Waals surface area contributed by atoms with Crippen LogP contribution in [-0.2, 0) is 10.2 Å². The Bertz CT molecular complexity index is 834. The normalized spacial score (nSPS) is 15.7. The summed E-state index contributed by atoms with van der Waals surface area (Å²) < 4.78 is 13.0. The van der Waals surface area contributed by atoms with Gasteiger partial charge in [-0.2, -0.15) is 0 Å². The molecule has 1 aliphatic heterocycles. The van der Waals surface area contributed by atoms with Gasteiger partial charge in [-0.25, -0.2) is 4.39 Å². The van der Waals surface area contributed by atoms with Gasteiger partial charge in [0.2, 0.25) is 5.91 Å². The Balaban J connectivity index is 0.00000341. The van der Waals surface area contributed by atoms with E-state index in [-0.39, 0.29) is 35.3 Å². The number of benzene rings is 2. The summed E-state index contributed by atoms with van der Waals surface area (Å²) in [6.07, 6.45) is 3.72. The Morgan fingerprint density at radius 3 is 2.29 bits per heavy atom. The van der Waals surface area contributed by atoms with Gasteiger partial charge in [-0.1, -0.05) is 37.3 Å². The molecule has 3 rings (SSSR count). The van der Waals surface area contributed by atoms with Gasteiger partial charge in [0.1, 0.15) is 5.82 Å². The Labute approximate surface area is 190 Å². The van der Waals surface area contributed by atoms with E-state index in [2.05, 4.69) is 34.5 Å². The number of halogens is 2. The average molecular weight is 447 g/mol. The van der Waals surface area contributed by atoms with Crippen LogP contribution in [0.25, 0.3) is 0 Å². The number of hydrogen-bond acceptors (Lipinski definition) is 3. The van der Waals surface area contributed by atoms with E-state index in [0.717, 1.165) is 38.9 Å². The minimum absolute atomic E-state index is 0. The molecule has 0 radical (unpaired) electrons. The maximum absolute atomic E-state index is 13.0. The van der Waals surface area contributed by atoms with Crippen LogP contribution in [0.3, 0.4) is 0 Å². The average Bonchev–Trinajstić information content (AvgIpc) is 2.79. The molecule has 0 aliphatic carbocycles. The number of nitrogens with zero attached hydrogens (tertiary/aromatic N) is 1. The van der Waals surface area contributed by atoms with Crippen molar-refractivity contribution < 1.29 is 14.0 Å². The zero-order valence-electron chi connectivity index (χ0n) is 18.1. The van der Waals surface area contributed by atoms with Crippen molar-refractivity contribution in [1.29, 1.82) is 0 Å². The van der Waals surface area contributed by atoms with Crippen molar-refractivity contribution >= 4 is 24.1 Å². The van der Waals surface area contributed by atoms with E-state index in [9.17, 15) is 14.0 Å². The molecule has 31 heavy (non-hydrogen) atoms. The summed E-state index contributed by atoms with van der Waals surface area (Å²) >= 11 is 0. The van der Waals surface area contributed by atoms with Crippen LogP contribution in [0.15, 0.2) is 54.6 Å². The summed E-state index contributed by atoms with van der Waals surface area (Å²) in [5, 5.41) is 3.11. The third-order valence-corrected chi connectivity index (χ3v) is 6.19. The van der Waals surface area contributed by atoms with E-state index in [1.165, 1.54) is 17.7 Å². The van der Waals surface area contributed by atoms with Crippen molar-refractivity contribution in [3.8, 4) is 0 Å². The predicted molar refractivity (Wildman–Crippen MR) is 124 cm³/mol. The smallest absolute Gasteiger partial charge is 0.219 e. The molecule has 1 aliphatic rings. The molecule has 6 heteroatoms. The molecule has 4 nitrogen and oxygen atoms in total. The fourth-order valence-electron chi connectivity index (χ4n) is 4.20. The van der Waals surface area contributed by atoms with Crippen LogP contribution in [0.4, 0.5) is 4.39 Å². The predicted octanol–water partition coefficient (Wildman–Crippen LogP) is 4.77. The number of nitrogens with one attached hydrogen (secondary N) is 1. The van der Waals surface area contributed by atoms with Crippen LogP contribution in [0.2, 0.25) is 0 Å². The van der Waals surface area contributed by atoms with E-state index in [4.69, 9.17) is 0 Å². The monoisotopic (exact) mass is 446 g/mol. The Morgan fingerprint density at radius 1 is 1.03 bits per heavy atom. The quantitative estimate of drug-likeness (QED) is 0.564. The molecule has 0 spiro atoms. The summed E-state index contributed by atoms with van der Waals surface area (Å²) in [6.45, 7) is 5.31. The first-order valence-electron chi connectivity index (χ1n) is 10.9. The maximum Gasteiger partial charge on any atom is 0.219 e. The van der Waals surface area contributed by atoms with Crippen molar-refractivity contribution in [2.24, 2.45) is 0 Å². The molecule has 1 amide bonds. The highest BCUT2D eigenvalue weighted by atomic mass is 35.5. The van der Waals surface area contributed by atoms with Crippen molar-refractivity contribution in [3.05, 3.63) is 71.5 Å².